The van der Waals surface area contributed by atoms with E-state index in [0.29, 0.717) is 35.1 Å². The van der Waals surface area contributed by atoms with Crippen LogP contribution in [0.1, 0.15) is 27.8 Å². The van der Waals surface area contributed by atoms with Gasteiger partial charge in [-0.05, 0) is 59.3 Å². The molecule has 1 unspecified atom stereocenters. The van der Waals surface area contributed by atoms with Crippen LogP contribution in [0, 0.1) is 0 Å². The van der Waals surface area contributed by atoms with Crippen LogP contribution in [-0.4, -0.2) is 42.4 Å². The van der Waals surface area contributed by atoms with Gasteiger partial charge in [0.1, 0.15) is 0 Å². The fourth-order valence-corrected chi connectivity index (χ4v) is 2.93. The third-order valence-corrected chi connectivity index (χ3v) is 4.27. The predicted octanol–water partition coefficient (Wildman–Crippen LogP) is 3.15. The lowest BCUT2D eigenvalue weighted by atomic mass is 10.1. The number of furan rings is 1. The lowest BCUT2D eigenvalue weighted by Gasteiger charge is -2.32. The second-order valence-electron chi connectivity index (χ2n) is 5.74. The summed E-state index contributed by atoms with van der Waals surface area (Å²) in [7, 11) is 0. The van der Waals surface area contributed by atoms with Gasteiger partial charge < -0.3 is 20.0 Å². The molecule has 1 fully saturated rings. The maximum atomic E-state index is 12.5. The number of amides is 2. The first-order chi connectivity index (χ1) is 11.5. The molecule has 1 aromatic heterocycles. The Kier molecular flexibility index (Phi) is 6.64. The molecule has 0 spiro atoms. The van der Waals surface area contributed by atoms with Crippen molar-refractivity contribution < 1.29 is 14.0 Å². The van der Waals surface area contributed by atoms with Gasteiger partial charge in [-0.1, -0.05) is 0 Å². The van der Waals surface area contributed by atoms with Crippen LogP contribution < -0.4 is 10.6 Å². The Labute approximate surface area is 160 Å². The zero-order chi connectivity index (χ0) is 17.1. The monoisotopic (exact) mass is 427 g/mol. The van der Waals surface area contributed by atoms with E-state index >= 15 is 0 Å². The van der Waals surface area contributed by atoms with Crippen LogP contribution in [0.25, 0.3) is 0 Å². The van der Waals surface area contributed by atoms with Crippen molar-refractivity contribution in [1.82, 2.24) is 10.2 Å². The highest BCUT2D eigenvalue weighted by Crippen LogP contribution is 2.17. The molecule has 1 atom stereocenters. The maximum absolute atomic E-state index is 12.5. The van der Waals surface area contributed by atoms with Crippen LogP contribution in [0.15, 0.2) is 45.5 Å². The second-order valence-corrected chi connectivity index (χ2v) is 6.52. The minimum Gasteiger partial charge on any atom is -0.444 e. The highest BCUT2D eigenvalue weighted by molar-refractivity contribution is 9.10. The van der Waals surface area contributed by atoms with Gasteiger partial charge >= 0.3 is 0 Å². The Balaban J connectivity index is 0.00000225. The van der Waals surface area contributed by atoms with Crippen molar-refractivity contribution in [2.45, 2.75) is 13.0 Å². The van der Waals surface area contributed by atoms with Crippen molar-refractivity contribution in [1.29, 1.82) is 0 Å². The molecule has 1 aromatic carbocycles. The molecule has 3 rings (SSSR count). The molecule has 2 amide bonds. The molecule has 1 saturated heterocycles. The number of carbonyl (C=O) groups excluding carboxylic acids is 2. The number of hydrogen-bond donors (Lipinski definition) is 2. The van der Waals surface area contributed by atoms with Gasteiger partial charge in [-0.3, -0.25) is 9.59 Å². The number of carbonyl (C=O) groups is 2. The largest absolute Gasteiger partial charge is 0.444 e. The molecule has 2 aromatic rings. The standard InChI is InChI=1S/C17H18BrN3O3.ClH/c1-11-10-21(9-8-19-11)17(23)12-2-4-13(5-3-12)20-16(22)14-6-7-15(18)24-14;/h2-7,11,19H,8-10H2,1H3,(H,20,22);1H. The number of hydrogen-bond acceptors (Lipinski definition) is 4. The lowest BCUT2D eigenvalue weighted by Crippen LogP contribution is -2.51. The molecule has 0 saturated carbocycles. The van der Waals surface area contributed by atoms with Gasteiger partial charge in [-0.2, -0.15) is 0 Å². The van der Waals surface area contributed by atoms with Gasteiger partial charge in [-0.25, -0.2) is 0 Å². The van der Waals surface area contributed by atoms with E-state index in [1.165, 1.54) is 0 Å². The topological polar surface area (TPSA) is 74.6 Å². The molecule has 0 radical (unpaired) electrons. The lowest BCUT2D eigenvalue weighted by molar-refractivity contribution is 0.0709. The van der Waals surface area contributed by atoms with Crippen molar-refractivity contribution in [2.75, 3.05) is 25.0 Å². The summed E-state index contributed by atoms with van der Waals surface area (Å²) in [6.45, 7) is 4.27. The van der Waals surface area contributed by atoms with Gasteiger partial charge in [0, 0.05) is 36.9 Å². The van der Waals surface area contributed by atoms with Gasteiger partial charge in [-0.15, -0.1) is 12.4 Å². The first kappa shape index (κ1) is 19.5. The van der Waals surface area contributed by atoms with E-state index in [1.54, 1.807) is 36.4 Å². The van der Waals surface area contributed by atoms with E-state index in [0.717, 1.165) is 6.54 Å². The summed E-state index contributed by atoms with van der Waals surface area (Å²) >= 11 is 3.16. The molecule has 8 heteroatoms. The number of piperazine rings is 1. The van der Waals surface area contributed by atoms with E-state index in [4.69, 9.17) is 4.42 Å². The van der Waals surface area contributed by atoms with E-state index < -0.39 is 0 Å². The Bertz CT molecular complexity index is 748. The molecule has 2 N–H and O–H groups in total. The first-order valence-corrected chi connectivity index (χ1v) is 8.51. The molecular weight excluding hydrogens is 410 g/mol. The molecule has 25 heavy (non-hydrogen) atoms. The third-order valence-electron chi connectivity index (χ3n) is 3.84. The maximum Gasteiger partial charge on any atom is 0.291 e. The van der Waals surface area contributed by atoms with Gasteiger partial charge in [0.15, 0.2) is 10.4 Å². The average molecular weight is 429 g/mol. The molecule has 0 bridgehead atoms. The molecule has 0 aliphatic carbocycles. The van der Waals surface area contributed by atoms with Gasteiger partial charge in [0.25, 0.3) is 11.8 Å². The summed E-state index contributed by atoms with van der Waals surface area (Å²) in [5.41, 5.74) is 1.22. The van der Waals surface area contributed by atoms with Crippen molar-refractivity contribution in [3.63, 3.8) is 0 Å². The van der Waals surface area contributed by atoms with Crippen molar-refractivity contribution in [3.05, 3.63) is 52.4 Å². The molecule has 6 nitrogen and oxygen atoms in total. The smallest absolute Gasteiger partial charge is 0.291 e. The van der Waals surface area contributed by atoms with Crippen LogP contribution in [0.2, 0.25) is 0 Å². The fourth-order valence-electron chi connectivity index (χ4n) is 2.62. The summed E-state index contributed by atoms with van der Waals surface area (Å²) < 4.78 is 5.71. The number of benzene rings is 1. The second kappa shape index (κ2) is 8.51. The fraction of sp³-hybridized carbons (Fsp3) is 0.294. The third kappa shape index (κ3) is 4.84. The van der Waals surface area contributed by atoms with Crippen molar-refractivity contribution >= 4 is 45.8 Å². The van der Waals surface area contributed by atoms with Crippen LogP contribution in [0.4, 0.5) is 5.69 Å². The molecule has 1 aliphatic heterocycles. The van der Waals surface area contributed by atoms with Crippen LogP contribution in [-0.2, 0) is 0 Å². The Morgan fingerprint density at radius 3 is 2.56 bits per heavy atom. The van der Waals surface area contributed by atoms with Gasteiger partial charge in [0.05, 0.1) is 0 Å². The normalized spacial score (nSPS) is 16.9. The summed E-state index contributed by atoms with van der Waals surface area (Å²) in [5.74, 6) is -0.108. The Morgan fingerprint density at radius 2 is 1.96 bits per heavy atom. The van der Waals surface area contributed by atoms with Crippen molar-refractivity contribution in [2.24, 2.45) is 0 Å². The number of nitrogens with one attached hydrogen (secondary N) is 2. The van der Waals surface area contributed by atoms with Crippen LogP contribution >= 0.6 is 28.3 Å². The zero-order valence-electron chi connectivity index (χ0n) is 13.6. The van der Waals surface area contributed by atoms with Crippen LogP contribution in [0.3, 0.4) is 0 Å². The Morgan fingerprint density at radius 1 is 1.24 bits per heavy atom. The number of rotatable bonds is 3. The minimum atomic E-state index is -0.337. The predicted molar refractivity (Wildman–Crippen MR) is 101 cm³/mol. The SMILES string of the molecule is CC1CN(C(=O)c2ccc(NC(=O)c3ccc(Br)o3)cc2)CCN1.Cl. The van der Waals surface area contributed by atoms with E-state index in [1.807, 2.05) is 4.90 Å². The highest BCUT2D eigenvalue weighted by atomic mass is 79.9. The van der Waals surface area contributed by atoms with E-state index in [9.17, 15) is 9.59 Å². The molecule has 2 heterocycles. The quantitative estimate of drug-likeness (QED) is 0.787. The van der Waals surface area contributed by atoms with E-state index in [2.05, 4.69) is 33.5 Å². The summed E-state index contributed by atoms with van der Waals surface area (Å²) in [6, 6.07) is 10.4. The number of halogens is 2. The first-order valence-electron chi connectivity index (χ1n) is 7.72. The van der Waals surface area contributed by atoms with Gasteiger partial charge in [0.2, 0.25) is 0 Å². The molecule has 134 valence electrons. The summed E-state index contributed by atoms with van der Waals surface area (Å²) in [6.07, 6.45) is 0. The number of nitrogens with zero attached hydrogens (tertiary/aromatic N) is 1. The zero-order valence-corrected chi connectivity index (χ0v) is 16.0. The van der Waals surface area contributed by atoms with E-state index in [-0.39, 0.29) is 30.0 Å². The Hall–Kier alpha value is -1.83. The summed E-state index contributed by atoms with van der Waals surface area (Å²) in [5, 5.41) is 6.05. The summed E-state index contributed by atoms with van der Waals surface area (Å²) in [4.78, 5) is 26.4. The number of anilines is 1. The average Bonchev–Trinajstić information content (AvgIpc) is 3.01. The molecular formula is C17H19BrClN3O3. The minimum absolute atomic E-state index is 0. The van der Waals surface area contributed by atoms with Crippen molar-refractivity contribution in [3.8, 4) is 0 Å². The van der Waals surface area contributed by atoms with Crippen LogP contribution in [0.5, 0.6) is 0 Å². The highest BCUT2D eigenvalue weighted by Gasteiger charge is 2.21. The molecule has 1 aliphatic rings.